The van der Waals surface area contributed by atoms with E-state index in [4.69, 9.17) is 4.74 Å². The van der Waals surface area contributed by atoms with Gasteiger partial charge in [0.1, 0.15) is 19.2 Å². The molecule has 0 aliphatic carbocycles. The molecule has 0 saturated carbocycles. The van der Waals surface area contributed by atoms with Crippen LogP contribution in [0, 0.1) is 11.8 Å². The highest BCUT2D eigenvalue weighted by Crippen LogP contribution is 2.12. The summed E-state index contributed by atoms with van der Waals surface area (Å²) in [5.74, 6) is 0.244. The number of aryl methyl sites for hydroxylation is 2. The SMILES string of the molecule is CC(C)C[C@H](NC(=O)[C@H](CC(C)C)NC(=O)OCc1ccccc1)C(=O)Cn1nnnc1CCc1ccccc1. The number of alkyl carbamates (subject to hydrolysis) is 1. The zero-order valence-electron chi connectivity index (χ0n) is 23.7. The number of carbonyl (C=O) groups excluding carboxylic acids is 3. The Kier molecular flexibility index (Phi) is 11.8. The summed E-state index contributed by atoms with van der Waals surface area (Å²) >= 11 is 0. The highest BCUT2D eigenvalue weighted by molar-refractivity contribution is 5.92. The quantitative estimate of drug-likeness (QED) is 0.295. The number of benzene rings is 2. The van der Waals surface area contributed by atoms with Crippen molar-refractivity contribution >= 4 is 17.8 Å². The van der Waals surface area contributed by atoms with Crippen LogP contribution in [0.2, 0.25) is 0 Å². The second-order valence-corrected chi connectivity index (χ2v) is 10.8. The molecule has 3 aromatic rings. The Labute approximate surface area is 235 Å². The van der Waals surface area contributed by atoms with Crippen molar-refractivity contribution in [2.75, 3.05) is 0 Å². The van der Waals surface area contributed by atoms with Gasteiger partial charge in [0.15, 0.2) is 11.6 Å². The maximum absolute atomic E-state index is 13.4. The molecule has 10 nitrogen and oxygen atoms in total. The van der Waals surface area contributed by atoms with Crippen molar-refractivity contribution in [2.45, 2.75) is 78.6 Å². The summed E-state index contributed by atoms with van der Waals surface area (Å²) in [7, 11) is 0. The summed E-state index contributed by atoms with van der Waals surface area (Å²) in [6.07, 6.45) is 1.47. The summed E-state index contributed by atoms with van der Waals surface area (Å²) < 4.78 is 6.82. The normalized spacial score (nSPS) is 12.7. The van der Waals surface area contributed by atoms with E-state index < -0.39 is 24.1 Å². The van der Waals surface area contributed by atoms with Crippen molar-refractivity contribution in [1.82, 2.24) is 30.8 Å². The van der Waals surface area contributed by atoms with E-state index >= 15 is 0 Å². The van der Waals surface area contributed by atoms with Crippen LogP contribution >= 0.6 is 0 Å². The average Bonchev–Trinajstić information content (AvgIpc) is 3.37. The summed E-state index contributed by atoms with van der Waals surface area (Å²) in [6, 6.07) is 17.7. The van der Waals surface area contributed by atoms with Crippen LogP contribution < -0.4 is 10.6 Å². The number of amides is 2. The van der Waals surface area contributed by atoms with Crippen LogP contribution in [-0.2, 0) is 40.3 Å². The van der Waals surface area contributed by atoms with Gasteiger partial charge in [-0.3, -0.25) is 9.59 Å². The number of ether oxygens (including phenoxy) is 1. The van der Waals surface area contributed by atoms with Gasteiger partial charge in [0.05, 0.1) is 6.04 Å². The minimum Gasteiger partial charge on any atom is -0.445 e. The standard InChI is InChI=1S/C30H40N6O4/c1-21(2)17-25(27(37)19-36-28(33-34-35-36)16-15-23-11-7-5-8-12-23)31-29(38)26(18-22(3)4)32-30(39)40-20-24-13-9-6-10-14-24/h5-14,21-22,25-26H,15-20H2,1-4H3,(H,31,38)(H,32,39)/t25-,26-/m0/s1. The van der Waals surface area contributed by atoms with Gasteiger partial charge in [0.25, 0.3) is 0 Å². The van der Waals surface area contributed by atoms with Crippen LogP contribution in [0.1, 0.15) is 57.5 Å². The van der Waals surface area contributed by atoms with Gasteiger partial charge < -0.3 is 15.4 Å². The zero-order valence-corrected chi connectivity index (χ0v) is 23.7. The number of tetrazole rings is 1. The Morgan fingerprint density at radius 3 is 2.02 bits per heavy atom. The molecule has 0 bridgehead atoms. The molecule has 0 aliphatic rings. The molecular formula is C30H40N6O4. The van der Waals surface area contributed by atoms with Gasteiger partial charge in [-0.25, -0.2) is 9.48 Å². The molecule has 0 aliphatic heterocycles. The van der Waals surface area contributed by atoms with E-state index in [1.807, 2.05) is 88.4 Å². The van der Waals surface area contributed by atoms with Crippen molar-refractivity contribution in [2.24, 2.45) is 11.8 Å². The first-order valence-corrected chi connectivity index (χ1v) is 13.8. The van der Waals surface area contributed by atoms with E-state index in [9.17, 15) is 14.4 Å². The molecule has 2 aromatic carbocycles. The van der Waals surface area contributed by atoms with E-state index in [1.165, 1.54) is 4.68 Å². The van der Waals surface area contributed by atoms with E-state index in [2.05, 4.69) is 26.2 Å². The van der Waals surface area contributed by atoms with Gasteiger partial charge in [-0.2, -0.15) is 0 Å². The first kappa shape index (κ1) is 30.5. The van der Waals surface area contributed by atoms with E-state index in [0.29, 0.717) is 25.1 Å². The van der Waals surface area contributed by atoms with Gasteiger partial charge >= 0.3 is 6.09 Å². The molecule has 0 spiro atoms. The van der Waals surface area contributed by atoms with E-state index in [-0.39, 0.29) is 30.8 Å². The first-order valence-electron chi connectivity index (χ1n) is 13.8. The fourth-order valence-electron chi connectivity index (χ4n) is 4.31. The van der Waals surface area contributed by atoms with Gasteiger partial charge in [0.2, 0.25) is 5.91 Å². The maximum atomic E-state index is 13.4. The Morgan fingerprint density at radius 1 is 0.800 bits per heavy atom. The topological polar surface area (TPSA) is 128 Å². The predicted octanol–water partition coefficient (Wildman–Crippen LogP) is 3.90. The lowest BCUT2D eigenvalue weighted by Gasteiger charge is -2.25. The number of rotatable bonds is 15. The van der Waals surface area contributed by atoms with Crippen LogP contribution in [0.4, 0.5) is 4.79 Å². The Morgan fingerprint density at radius 2 is 1.40 bits per heavy atom. The minimum atomic E-state index is -0.847. The van der Waals surface area contributed by atoms with Gasteiger partial charge in [-0.15, -0.1) is 5.10 Å². The molecule has 2 N–H and O–H groups in total. The van der Waals surface area contributed by atoms with Crippen molar-refractivity contribution in [3.63, 3.8) is 0 Å². The monoisotopic (exact) mass is 548 g/mol. The fourth-order valence-corrected chi connectivity index (χ4v) is 4.31. The summed E-state index contributed by atoms with van der Waals surface area (Å²) in [4.78, 5) is 39.2. The molecule has 0 unspecified atom stereocenters. The number of hydrogen-bond acceptors (Lipinski definition) is 7. The molecule has 0 radical (unpaired) electrons. The van der Waals surface area contributed by atoms with E-state index in [0.717, 1.165) is 17.5 Å². The summed E-state index contributed by atoms with van der Waals surface area (Å²) in [5, 5.41) is 17.4. The van der Waals surface area contributed by atoms with E-state index in [1.54, 1.807) is 0 Å². The molecule has 1 heterocycles. The molecular weight excluding hydrogens is 508 g/mol. The third-order valence-electron chi connectivity index (χ3n) is 6.33. The number of nitrogens with zero attached hydrogens (tertiary/aromatic N) is 4. The Hall–Kier alpha value is -4.08. The van der Waals surface area contributed by atoms with Crippen molar-refractivity contribution in [3.05, 3.63) is 77.6 Å². The highest BCUT2D eigenvalue weighted by atomic mass is 16.5. The molecule has 3 rings (SSSR count). The molecule has 2 amide bonds. The lowest BCUT2D eigenvalue weighted by molar-refractivity contribution is -0.130. The molecule has 0 fully saturated rings. The smallest absolute Gasteiger partial charge is 0.408 e. The second kappa shape index (κ2) is 15.5. The highest BCUT2D eigenvalue weighted by Gasteiger charge is 2.29. The number of carbonyl (C=O) groups is 3. The number of nitrogens with one attached hydrogen (secondary N) is 2. The average molecular weight is 549 g/mol. The predicted molar refractivity (Wildman–Crippen MR) is 151 cm³/mol. The number of ketones is 1. The number of aromatic nitrogens is 4. The Balaban J connectivity index is 1.63. The lowest BCUT2D eigenvalue weighted by Crippen LogP contribution is -2.52. The van der Waals surface area contributed by atoms with Crippen molar-refractivity contribution < 1.29 is 19.1 Å². The summed E-state index contributed by atoms with van der Waals surface area (Å²) in [5.41, 5.74) is 2.00. The van der Waals surface area contributed by atoms with Crippen LogP contribution in [0.5, 0.6) is 0 Å². The van der Waals surface area contributed by atoms with Crippen molar-refractivity contribution in [3.8, 4) is 0 Å². The molecule has 0 saturated heterocycles. The van der Waals surface area contributed by atoms with Crippen LogP contribution in [0.3, 0.4) is 0 Å². The lowest BCUT2D eigenvalue weighted by atomic mass is 9.98. The first-order chi connectivity index (χ1) is 19.2. The third-order valence-corrected chi connectivity index (χ3v) is 6.33. The second-order valence-electron chi connectivity index (χ2n) is 10.8. The molecule has 40 heavy (non-hydrogen) atoms. The van der Waals surface area contributed by atoms with Crippen LogP contribution in [0.25, 0.3) is 0 Å². The molecule has 2 atom stereocenters. The zero-order chi connectivity index (χ0) is 28.9. The molecule has 1 aromatic heterocycles. The van der Waals surface area contributed by atoms with Crippen LogP contribution in [-0.4, -0.2) is 50.1 Å². The maximum Gasteiger partial charge on any atom is 0.408 e. The Bertz CT molecular complexity index is 1210. The third kappa shape index (κ3) is 10.2. The summed E-state index contributed by atoms with van der Waals surface area (Å²) in [6.45, 7) is 7.93. The molecule has 10 heteroatoms. The largest absolute Gasteiger partial charge is 0.445 e. The molecule has 214 valence electrons. The number of Topliss-reactive ketones (excluding diaryl/α,β-unsaturated/α-hetero) is 1. The van der Waals surface area contributed by atoms with Gasteiger partial charge in [-0.05, 0) is 52.7 Å². The minimum absolute atomic E-state index is 0.0593. The van der Waals surface area contributed by atoms with Gasteiger partial charge in [-0.1, -0.05) is 88.4 Å². The van der Waals surface area contributed by atoms with Gasteiger partial charge in [0, 0.05) is 6.42 Å². The van der Waals surface area contributed by atoms with Crippen molar-refractivity contribution in [1.29, 1.82) is 0 Å². The fraction of sp³-hybridized carbons (Fsp3) is 0.467. The number of hydrogen-bond donors (Lipinski definition) is 2. The van der Waals surface area contributed by atoms with Crippen LogP contribution in [0.15, 0.2) is 60.7 Å².